The molecule has 0 bridgehead atoms. The van der Waals surface area contributed by atoms with Crippen molar-refractivity contribution in [3.63, 3.8) is 0 Å². The quantitative estimate of drug-likeness (QED) is 0.433. The van der Waals surface area contributed by atoms with Gasteiger partial charge in [-0.2, -0.15) is 0 Å². The lowest BCUT2D eigenvalue weighted by Crippen LogP contribution is -2.16. The van der Waals surface area contributed by atoms with Crippen LogP contribution in [0.5, 0.6) is 0 Å². The lowest BCUT2D eigenvalue weighted by atomic mass is 10.2. The van der Waals surface area contributed by atoms with Gasteiger partial charge in [0.15, 0.2) is 6.29 Å². The highest BCUT2D eigenvalue weighted by atomic mass is 16.5. The van der Waals surface area contributed by atoms with Crippen LogP contribution in [0.1, 0.15) is 45.4 Å². The fourth-order valence-corrected chi connectivity index (χ4v) is 1.22. The molecule has 0 aromatic rings. The van der Waals surface area contributed by atoms with Crippen molar-refractivity contribution in [2.45, 2.75) is 51.0 Å². The number of aldehydes is 1. The molecule has 0 saturated heterocycles. The first-order chi connectivity index (χ1) is 5.83. The third-order valence-corrected chi connectivity index (χ3v) is 2.34. The number of carbonyl (C=O) groups is 1. The summed E-state index contributed by atoms with van der Waals surface area (Å²) in [5, 5.41) is 0. The van der Waals surface area contributed by atoms with E-state index in [-0.39, 0.29) is 5.60 Å². The summed E-state index contributed by atoms with van der Waals surface area (Å²) in [6, 6.07) is 0. The molecular weight excluding hydrogens is 152 g/mol. The summed E-state index contributed by atoms with van der Waals surface area (Å²) < 4.78 is 5.47. The normalized spacial score (nSPS) is 19.1. The van der Waals surface area contributed by atoms with Crippen molar-refractivity contribution in [3.8, 4) is 0 Å². The summed E-state index contributed by atoms with van der Waals surface area (Å²) in [5.74, 6) is 0. The SMILES string of the molecule is CCCCCCOC1(C=O)CC1. The van der Waals surface area contributed by atoms with Crippen LogP contribution in [-0.4, -0.2) is 18.5 Å². The van der Waals surface area contributed by atoms with Gasteiger partial charge >= 0.3 is 0 Å². The second-order valence-corrected chi connectivity index (χ2v) is 3.59. The fraction of sp³-hybridized carbons (Fsp3) is 0.900. The molecule has 70 valence electrons. The van der Waals surface area contributed by atoms with E-state index >= 15 is 0 Å². The van der Waals surface area contributed by atoms with E-state index in [4.69, 9.17) is 4.74 Å². The predicted octanol–water partition coefficient (Wildman–Crippen LogP) is 2.31. The molecule has 0 amide bonds. The van der Waals surface area contributed by atoms with Gasteiger partial charge in [-0.05, 0) is 19.3 Å². The molecule has 0 radical (unpaired) electrons. The monoisotopic (exact) mass is 170 g/mol. The molecule has 0 aromatic heterocycles. The number of ether oxygens (including phenoxy) is 1. The molecule has 0 spiro atoms. The van der Waals surface area contributed by atoms with Crippen LogP contribution < -0.4 is 0 Å². The highest BCUT2D eigenvalue weighted by molar-refractivity contribution is 5.66. The lowest BCUT2D eigenvalue weighted by Gasteiger charge is -2.08. The lowest BCUT2D eigenvalue weighted by molar-refractivity contribution is -0.120. The van der Waals surface area contributed by atoms with Gasteiger partial charge in [-0.3, -0.25) is 0 Å². The molecule has 0 heterocycles. The molecule has 2 heteroatoms. The Labute approximate surface area is 74.3 Å². The third kappa shape index (κ3) is 2.94. The Hall–Kier alpha value is -0.370. The second-order valence-electron chi connectivity index (χ2n) is 3.59. The standard InChI is InChI=1S/C10H18O2/c1-2-3-4-5-8-12-10(9-11)6-7-10/h9H,2-8H2,1H3. The molecule has 0 N–H and O–H groups in total. The largest absolute Gasteiger partial charge is 0.368 e. The van der Waals surface area contributed by atoms with Crippen LogP contribution in [-0.2, 0) is 9.53 Å². The average molecular weight is 170 g/mol. The summed E-state index contributed by atoms with van der Waals surface area (Å²) in [6.45, 7) is 2.95. The maximum atomic E-state index is 10.5. The Bertz CT molecular complexity index is 139. The first kappa shape index (κ1) is 9.72. The van der Waals surface area contributed by atoms with Crippen LogP contribution in [0.2, 0.25) is 0 Å². The molecule has 1 aliphatic rings. The molecule has 0 atom stereocenters. The summed E-state index contributed by atoms with van der Waals surface area (Å²) in [5.41, 5.74) is -0.341. The smallest absolute Gasteiger partial charge is 0.151 e. The minimum absolute atomic E-state index is 0.341. The van der Waals surface area contributed by atoms with Gasteiger partial charge in [-0.15, -0.1) is 0 Å². The van der Waals surface area contributed by atoms with Crippen molar-refractivity contribution < 1.29 is 9.53 Å². The van der Waals surface area contributed by atoms with E-state index < -0.39 is 0 Å². The highest BCUT2D eigenvalue weighted by Crippen LogP contribution is 2.37. The first-order valence-corrected chi connectivity index (χ1v) is 4.93. The first-order valence-electron chi connectivity index (χ1n) is 4.93. The van der Waals surface area contributed by atoms with Crippen molar-refractivity contribution >= 4 is 6.29 Å². The van der Waals surface area contributed by atoms with Crippen LogP contribution in [0.15, 0.2) is 0 Å². The van der Waals surface area contributed by atoms with E-state index in [1.807, 2.05) is 0 Å². The summed E-state index contributed by atoms with van der Waals surface area (Å²) >= 11 is 0. The number of hydrogen-bond donors (Lipinski definition) is 0. The number of rotatable bonds is 7. The van der Waals surface area contributed by atoms with Crippen molar-refractivity contribution in [2.24, 2.45) is 0 Å². The van der Waals surface area contributed by atoms with Gasteiger partial charge < -0.3 is 9.53 Å². The zero-order chi connectivity index (χ0) is 8.86. The van der Waals surface area contributed by atoms with Gasteiger partial charge in [0, 0.05) is 6.61 Å². The number of hydrogen-bond acceptors (Lipinski definition) is 2. The zero-order valence-corrected chi connectivity index (χ0v) is 7.84. The third-order valence-electron chi connectivity index (χ3n) is 2.34. The molecule has 0 aromatic carbocycles. The van der Waals surface area contributed by atoms with Gasteiger partial charge in [0.05, 0.1) is 0 Å². The summed E-state index contributed by atoms with van der Waals surface area (Å²) in [4.78, 5) is 10.5. The Morgan fingerprint density at radius 3 is 2.58 bits per heavy atom. The molecule has 12 heavy (non-hydrogen) atoms. The van der Waals surface area contributed by atoms with Gasteiger partial charge in [-0.25, -0.2) is 0 Å². The van der Waals surface area contributed by atoms with Crippen LogP contribution in [0, 0.1) is 0 Å². The van der Waals surface area contributed by atoms with E-state index in [1.54, 1.807) is 0 Å². The second kappa shape index (κ2) is 4.61. The maximum Gasteiger partial charge on any atom is 0.151 e. The maximum absolute atomic E-state index is 10.5. The van der Waals surface area contributed by atoms with E-state index in [2.05, 4.69) is 6.92 Å². The molecule has 0 unspecified atom stereocenters. The Morgan fingerprint density at radius 2 is 2.08 bits per heavy atom. The van der Waals surface area contributed by atoms with Crippen molar-refractivity contribution in [1.29, 1.82) is 0 Å². The molecule has 1 saturated carbocycles. The van der Waals surface area contributed by atoms with E-state index in [0.29, 0.717) is 0 Å². The van der Waals surface area contributed by atoms with Crippen LogP contribution >= 0.6 is 0 Å². The predicted molar refractivity (Wildman–Crippen MR) is 48.1 cm³/mol. The molecule has 2 nitrogen and oxygen atoms in total. The van der Waals surface area contributed by atoms with Crippen molar-refractivity contribution in [1.82, 2.24) is 0 Å². The molecular formula is C10H18O2. The van der Waals surface area contributed by atoms with E-state index in [0.717, 1.165) is 32.2 Å². The van der Waals surface area contributed by atoms with Gasteiger partial charge in [0.1, 0.15) is 5.60 Å². The number of carbonyl (C=O) groups excluding carboxylic acids is 1. The average Bonchev–Trinajstić information content (AvgIpc) is 2.85. The van der Waals surface area contributed by atoms with Crippen LogP contribution in [0.4, 0.5) is 0 Å². The molecule has 1 aliphatic carbocycles. The van der Waals surface area contributed by atoms with E-state index in [9.17, 15) is 4.79 Å². The zero-order valence-electron chi connectivity index (χ0n) is 7.84. The topological polar surface area (TPSA) is 26.3 Å². The molecule has 1 rings (SSSR count). The van der Waals surface area contributed by atoms with Gasteiger partial charge in [0.2, 0.25) is 0 Å². The summed E-state index contributed by atoms with van der Waals surface area (Å²) in [7, 11) is 0. The van der Waals surface area contributed by atoms with Crippen molar-refractivity contribution in [2.75, 3.05) is 6.61 Å². The Balaban J connectivity index is 1.92. The molecule has 0 aliphatic heterocycles. The minimum Gasteiger partial charge on any atom is -0.368 e. The molecule has 1 fully saturated rings. The number of unbranched alkanes of at least 4 members (excludes halogenated alkanes) is 3. The minimum atomic E-state index is -0.341. The van der Waals surface area contributed by atoms with Gasteiger partial charge in [0.25, 0.3) is 0 Å². The van der Waals surface area contributed by atoms with Crippen molar-refractivity contribution in [3.05, 3.63) is 0 Å². The van der Waals surface area contributed by atoms with Gasteiger partial charge in [-0.1, -0.05) is 26.2 Å². The van der Waals surface area contributed by atoms with Crippen LogP contribution in [0.3, 0.4) is 0 Å². The fourth-order valence-electron chi connectivity index (χ4n) is 1.22. The van der Waals surface area contributed by atoms with E-state index in [1.165, 1.54) is 19.3 Å². The highest BCUT2D eigenvalue weighted by Gasteiger charge is 2.43. The Morgan fingerprint density at radius 1 is 1.33 bits per heavy atom. The summed E-state index contributed by atoms with van der Waals surface area (Å²) in [6.07, 6.45) is 7.69. The Kier molecular flexibility index (Phi) is 3.73. The van der Waals surface area contributed by atoms with Crippen LogP contribution in [0.25, 0.3) is 0 Å².